The molecule has 0 radical (unpaired) electrons. The number of hydrazone groups is 1. The highest BCUT2D eigenvalue weighted by Crippen LogP contribution is 2.28. The molecule has 33 heavy (non-hydrogen) atoms. The molecule has 0 aliphatic carbocycles. The van der Waals surface area contributed by atoms with E-state index in [1.54, 1.807) is 30.3 Å². The topological polar surface area (TPSA) is 89.0 Å². The lowest BCUT2D eigenvalue weighted by Crippen LogP contribution is -2.48. The average Bonchev–Trinajstić information content (AvgIpc) is 2.79. The number of unbranched alkanes of at least 4 members (excludes halogenated alkanes) is 1. The lowest BCUT2D eigenvalue weighted by molar-refractivity contribution is -0.123. The lowest BCUT2D eigenvalue weighted by atomic mass is 10.0. The maximum atomic E-state index is 12.7. The van der Waals surface area contributed by atoms with Gasteiger partial charge in [0.15, 0.2) is 11.5 Å². The minimum Gasteiger partial charge on any atom is -0.490 e. The molecule has 0 aliphatic rings. The monoisotopic (exact) mass is 473 g/mol. The fourth-order valence-corrected chi connectivity index (χ4v) is 3.18. The van der Waals surface area contributed by atoms with E-state index in [0.29, 0.717) is 35.3 Å². The number of nitrogens with zero attached hydrogens (tertiary/aromatic N) is 1. The highest BCUT2D eigenvalue weighted by molar-refractivity contribution is 6.33. The van der Waals surface area contributed by atoms with Crippen LogP contribution in [-0.4, -0.2) is 37.3 Å². The van der Waals surface area contributed by atoms with Crippen molar-refractivity contribution >= 4 is 29.6 Å². The van der Waals surface area contributed by atoms with Crippen LogP contribution in [0.4, 0.5) is 0 Å². The maximum absolute atomic E-state index is 12.7. The van der Waals surface area contributed by atoms with Crippen LogP contribution in [0.3, 0.4) is 0 Å². The number of hydrogen-bond acceptors (Lipinski definition) is 5. The van der Waals surface area contributed by atoms with Gasteiger partial charge < -0.3 is 14.8 Å². The second-order valence-electron chi connectivity index (χ2n) is 7.75. The zero-order chi connectivity index (χ0) is 24.2. The average molecular weight is 474 g/mol. The van der Waals surface area contributed by atoms with E-state index in [4.69, 9.17) is 21.1 Å². The minimum absolute atomic E-state index is 0.157. The molecule has 2 aromatic rings. The summed E-state index contributed by atoms with van der Waals surface area (Å²) in [6, 6.07) is 11.4. The third kappa shape index (κ3) is 8.09. The molecule has 0 saturated carbocycles. The molecule has 0 aromatic heterocycles. The Bertz CT molecular complexity index is 962. The minimum atomic E-state index is -0.778. The molecule has 2 rings (SSSR count). The van der Waals surface area contributed by atoms with Gasteiger partial charge in [-0.15, -0.1) is 0 Å². The van der Waals surface area contributed by atoms with Gasteiger partial charge in [-0.3, -0.25) is 9.59 Å². The van der Waals surface area contributed by atoms with E-state index in [-0.39, 0.29) is 5.92 Å². The summed E-state index contributed by atoms with van der Waals surface area (Å²) in [5.41, 5.74) is 3.55. The van der Waals surface area contributed by atoms with Gasteiger partial charge in [-0.2, -0.15) is 5.10 Å². The standard InChI is InChI=1S/C25H32ClN3O4/c1-5-7-14-33-21-13-12-18(15-22(21)32-6-2)16-27-29-25(31)23(17(3)4)28-24(30)19-10-8-9-11-20(19)26/h8-13,15-17,23H,5-7,14H2,1-4H3,(H,28,30)(H,29,31). The number of halogens is 1. The van der Waals surface area contributed by atoms with Crippen LogP contribution in [0.15, 0.2) is 47.6 Å². The van der Waals surface area contributed by atoms with E-state index in [0.717, 1.165) is 18.4 Å². The number of ether oxygens (including phenoxy) is 2. The Morgan fingerprint density at radius 1 is 1.09 bits per heavy atom. The first kappa shape index (κ1) is 26.2. The van der Waals surface area contributed by atoms with Gasteiger partial charge in [0.1, 0.15) is 6.04 Å². The number of carbonyl (C=O) groups is 2. The summed E-state index contributed by atoms with van der Waals surface area (Å²) in [7, 11) is 0. The van der Waals surface area contributed by atoms with Crippen molar-refractivity contribution in [1.82, 2.24) is 10.7 Å². The quantitative estimate of drug-likeness (QED) is 0.262. The summed E-state index contributed by atoms with van der Waals surface area (Å²) in [6.07, 6.45) is 3.53. The molecule has 2 N–H and O–H groups in total. The van der Waals surface area contributed by atoms with Gasteiger partial charge in [0.05, 0.1) is 30.0 Å². The normalized spacial score (nSPS) is 11.9. The molecular formula is C25H32ClN3O4. The molecule has 2 aromatic carbocycles. The van der Waals surface area contributed by atoms with Crippen molar-refractivity contribution in [3.8, 4) is 11.5 Å². The summed E-state index contributed by atoms with van der Waals surface area (Å²) in [5.74, 6) is 0.296. The molecule has 8 heteroatoms. The molecular weight excluding hydrogens is 442 g/mol. The SMILES string of the molecule is CCCCOc1ccc(C=NNC(=O)C(NC(=O)c2ccccc2Cl)C(C)C)cc1OCC. The molecule has 0 aliphatic heterocycles. The van der Waals surface area contributed by atoms with E-state index in [1.165, 1.54) is 6.21 Å². The zero-order valence-electron chi connectivity index (χ0n) is 19.6. The Kier molecular flexibility index (Phi) is 10.7. The largest absolute Gasteiger partial charge is 0.490 e. The van der Waals surface area contributed by atoms with Gasteiger partial charge in [-0.1, -0.05) is 50.9 Å². The Labute approximate surface area is 200 Å². The number of nitrogens with one attached hydrogen (secondary N) is 2. The molecule has 1 atom stereocenters. The number of amides is 2. The van der Waals surface area contributed by atoms with Crippen molar-refractivity contribution in [3.63, 3.8) is 0 Å². The second kappa shape index (κ2) is 13.5. The first-order chi connectivity index (χ1) is 15.9. The third-order valence-electron chi connectivity index (χ3n) is 4.77. The first-order valence-corrected chi connectivity index (χ1v) is 11.5. The Morgan fingerprint density at radius 3 is 2.52 bits per heavy atom. The fourth-order valence-electron chi connectivity index (χ4n) is 2.96. The molecule has 0 bridgehead atoms. The number of benzene rings is 2. The van der Waals surface area contributed by atoms with Gasteiger partial charge >= 0.3 is 0 Å². The molecule has 178 valence electrons. The van der Waals surface area contributed by atoms with Crippen LogP contribution >= 0.6 is 11.6 Å². The second-order valence-corrected chi connectivity index (χ2v) is 8.16. The van der Waals surface area contributed by atoms with Crippen molar-refractivity contribution in [2.45, 2.75) is 46.6 Å². The number of rotatable bonds is 12. The highest BCUT2D eigenvalue weighted by atomic mass is 35.5. The summed E-state index contributed by atoms with van der Waals surface area (Å²) in [6.45, 7) is 8.81. The van der Waals surface area contributed by atoms with E-state index in [9.17, 15) is 9.59 Å². The third-order valence-corrected chi connectivity index (χ3v) is 5.10. The molecule has 2 amide bonds. The maximum Gasteiger partial charge on any atom is 0.262 e. The first-order valence-electron chi connectivity index (χ1n) is 11.1. The van der Waals surface area contributed by atoms with Crippen LogP contribution in [0.5, 0.6) is 11.5 Å². The van der Waals surface area contributed by atoms with Crippen LogP contribution in [0, 0.1) is 5.92 Å². The Hall–Kier alpha value is -3.06. The van der Waals surface area contributed by atoms with Crippen molar-refractivity contribution in [1.29, 1.82) is 0 Å². The predicted molar refractivity (Wildman–Crippen MR) is 131 cm³/mol. The summed E-state index contributed by atoms with van der Waals surface area (Å²) < 4.78 is 11.4. The number of carbonyl (C=O) groups excluding carboxylic acids is 2. The summed E-state index contributed by atoms with van der Waals surface area (Å²) in [4.78, 5) is 25.2. The molecule has 7 nitrogen and oxygen atoms in total. The van der Waals surface area contributed by atoms with Crippen LogP contribution in [-0.2, 0) is 4.79 Å². The lowest BCUT2D eigenvalue weighted by Gasteiger charge is -2.20. The highest BCUT2D eigenvalue weighted by Gasteiger charge is 2.25. The van der Waals surface area contributed by atoms with Crippen LogP contribution in [0.2, 0.25) is 5.02 Å². The van der Waals surface area contributed by atoms with E-state index in [2.05, 4.69) is 22.8 Å². The van der Waals surface area contributed by atoms with Gasteiger partial charge in [-0.25, -0.2) is 5.43 Å². The Balaban J connectivity index is 2.04. The predicted octanol–water partition coefficient (Wildman–Crippen LogP) is 4.82. The molecule has 0 heterocycles. The van der Waals surface area contributed by atoms with E-state index >= 15 is 0 Å². The van der Waals surface area contributed by atoms with Crippen molar-refractivity contribution in [3.05, 3.63) is 58.6 Å². The summed E-state index contributed by atoms with van der Waals surface area (Å²) in [5, 5.41) is 7.11. The molecule has 0 saturated heterocycles. The fraction of sp³-hybridized carbons (Fsp3) is 0.400. The molecule has 0 spiro atoms. The van der Waals surface area contributed by atoms with Gasteiger partial charge in [0.25, 0.3) is 11.8 Å². The molecule has 0 fully saturated rings. The Morgan fingerprint density at radius 2 is 1.85 bits per heavy atom. The smallest absolute Gasteiger partial charge is 0.262 e. The van der Waals surface area contributed by atoms with Crippen molar-refractivity contribution in [2.24, 2.45) is 11.0 Å². The van der Waals surface area contributed by atoms with E-state index in [1.807, 2.05) is 32.9 Å². The van der Waals surface area contributed by atoms with E-state index < -0.39 is 17.9 Å². The summed E-state index contributed by atoms with van der Waals surface area (Å²) >= 11 is 6.09. The van der Waals surface area contributed by atoms with Gasteiger partial charge in [-0.05, 0) is 55.2 Å². The number of hydrogen-bond donors (Lipinski definition) is 2. The van der Waals surface area contributed by atoms with Gasteiger partial charge in [0.2, 0.25) is 0 Å². The van der Waals surface area contributed by atoms with Crippen LogP contribution in [0.1, 0.15) is 56.5 Å². The van der Waals surface area contributed by atoms with Crippen LogP contribution < -0.4 is 20.2 Å². The van der Waals surface area contributed by atoms with Gasteiger partial charge in [0, 0.05) is 0 Å². The van der Waals surface area contributed by atoms with Crippen molar-refractivity contribution < 1.29 is 19.1 Å². The van der Waals surface area contributed by atoms with Crippen molar-refractivity contribution in [2.75, 3.05) is 13.2 Å². The zero-order valence-corrected chi connectivity index (χ0v) is 20.3. The van der Waals surface area contributed by atoms with Crippen LogP contribution in [0.25, 0.3) is 0 Å². The molecule has 1 unspecified atom stereocenters.